The minimum Gasteiger partial charge on any atom is -0.350 e. The molecule has 0 aliphatic heterocycles. The van der Waals surface area contributed by atoms with Gasteiger partial charge < -0.3 is 5.32 Å². The molecule has 1 aromatic rings. The lowest BCUT2D eigenvalue weighted by Crippen LogP contribution is -2.34. The van der Waals surface area contributed by atoms with Gasteiger partial charge in [-0.25, -0.2) is 4.68 Å². The van der Waals surface area contributed by atoms with Gasteiger partial charge in [0.2, 0.25) is 5.91 Å². The van der Waals surface area contributed by atoms with Crippen molar-refractivity contribution in [2.24, 2.45) is 0 Å². The minimum absolute atomic E-state index is 0.0458. The summed E-state index contributed by atoms with van der Waals surface area (Å²) in [5.74, 6) is 0.0458. The number of carbonyl (C=O) groups excluding carboxylic acids is 1. The minimum atomic E-state index is 0.0458. The topological polar surface area (TPSA) is 72.7 Å². The van der Waals surface area contributed by atoms with Gasteiger partial charge in [0.25, 0.3) is 0 Å². The zero-order valence-electron chi connectivity index (χ0n) is 10.7. The summed E-state index contributed by atoms with van der Waals surface area (Å²) in [4.78, 5) is 11.8. The van der Waals surface area contributed by atoms with Crippen LogP contribution in [0.15, 0.2) is 18.0 Å². The summed E-state index contributed by atoms with van der Waals surface area (Å²) in [6, 6.07) is 0.145. The first kappa shape index (κ1) is 12.7. The predicted molar refractivity (Wildman–Crippen MR) is 66.6 cm³/mol. The summed E-state index contributed by atoms with van der Waals surface area (Å²) >= 11 is 0. The lowest BCUT2D eigenvalue weighted by molar-refractivity contribution is -0.121. The van der Waals surface area contributed by atoms with E-state index in [9.17, 15) is 4.79 Å². The largest absolute Gasteiger partial charge is 0.350 e. The monoisotopic (exact) mass is 249 g/mol. The SMILES string of the molecule is CC(NC(=O)CCn1cnnn1)C1=CCCCC1. The molecule has 6 nitrogen and oxygen atoms in total. The van der Waals surface area contributed by atoms with Crippen molar-refractivity contribution in [3.8, 4) is 0 Å². The highest BCUT2D eigenvalue weighted by atomic mass is 16.1. The molecule has 1 amide bonds. The highest BCUT2D eigenvalue weighted by molar-refractivity contribution is 5.76. The van der Waals surface area contributed by atoms with Crippen molar-refractivity contribution < 1.29 is 4.79 Å². The number of nitrogens with one attached hydrogen (secondary N) is 1. The van der Waals surface area contributed by atoms with E-state index < -0.39 is 0 Å². The molecule has 0 fully saturated rings. The Morgan fingerprint density at radius 2 is 2.44 bits per heavy atom. The van der Waals surface area contributed by atoms with E-state index in [1.165, 1.54) is 24.7 Å². The molecule has 0 saturated carbocycles. The molecular weight excluding hydrogens is 230 g/mol. The second kappa shape index (κ2) is 6.28. The maximum Gasteiger partial charge on any atom is 0.222 e. The molecule has 1 unspecified atom stereocenters. The van der Waals surface area contributed by atoms with E-state index in [4.69, 9.17) is 0 Å². The summed E-state index contributed by atoms with van der Waals surface area (Å²) in [7, 11) is 0. The lowest BCUT2D eigenvalue weighted by atomic mass is 9.95. The molecule has 1 aliphatic carbocycles. The van der Waals surface area contributed by atoms with E-state index in [1.54, 1.807) is 4.68 Å². The van der Waals surface area contributed by atoms with Crippen molar-refractivity contribution in [2.75, 3.05) is 0 Å². The van der Waals surface area contributed by atoms with Crippen LogP contribution in [0.1, 0.15) is 39.0 Å². The van der Waals surface area contributed by atoms with Gasteiger partial charge in [0, 0.05) is 12.5 Å². The molecular formula is C12H19N5O. The fourth-order valence-corrected chi connectivity index (χ4v) is 2.16. The van der Waals surface area contributed by atoms with E-state index in [0.717, 1.165) is 12.8 Å². The molecule has 1 atom stereocenters. The van der Waals surface area contributed by atoms with E-state index in [-0.39, 0.29) is 11.9 Å². The van der Waals surface area contributed by atoms with Crippen molar-refractivity contribution in [3.63, 3.8) is 0 Å². The Morgan fingerprint density at radius 3 is 3.11 bits per heavy atom. The van der Waals surface area contributed by atoms with Crippen molar-refractivity contribution in [1.29, 1.82) is 0 Å². The number of hydrogen-bond donors (Lipinski definition) is 1. The Morgan fingerprint density at radius 1 is 1.56 bits per heavy atom. The number of aromatic nitrogens is 4. The van der Waals surface area contributed by atoms with Crippen molar-refractivity contribution >= 4 is 5.91 Å². The third kappa shape index (κ3) is 3.65. The van der Waals surface area contributed by atoms with E-state index in [2.05, 4.69) is 26.9 Å². The van der Waals surface area contributed by atoms with E-state index >= 15 is 0 Å². The van der Waals surface area contributed by atoms with Crippen molar-refractivity contribution in [2.45, 2.75) is 51.6 Å². The number of aryl methyl sites for hydroxylation is 1. The standard InChI is InChI=1S/C12H19N5O/c1-10(11-5-3-2-4-6-11)14-12(18)7-8-17-9-13-15-16-17/h5,9-10H,2-4,6-8H2,1H3,(H,14,18). The Balaban J connectivity index is 1.74. The number of carbonyl (C=O) groups is 1. The van der Waals surface area contributed by atoms with Gasteiger partial charge >= 0.3 is 0 Å². The fourth-order valence-electron chi connectivity index (χ4n) is 2.16. The van der Waals surface area contributed by atoms with Crippen LogP contribution in [0.25, 0.3) is 0 Å². The predicted octanol–water partition coefficient (Wildman–Crippen LogP) is 1.07. The molecule has 2 rings (SSSR count). The van der Waals surface area contributed by atoms with Crippen LogP contribution >= 0.6 is 0 Å². The first-order chi connectivity index (χ1) is 8.75. The Bertz CT molecular complexity index is 412. The Hall–Kier alpha value is -1.72. The zero-order chi connectivity index (χ0) is 12.8. The smallest absolute Gasteiger partial charge is 0.222 e. The zero-order valence-corrected chi connectivity index (χ0v) is 10.7. The quantitative estimate of drug-likeness (QED) is 0.792. The molecule has 1 N–H and O–H groups in total. The highest BCUT2D eigenvalue weighted by Gasteiger charge is 2.13. The number of hydrogen-bond acceptors (Lipinski definition) is 4. The number of amides is 1. The number of nitrogens with zero attached hydrogens (tertiary/aromatic N) is 4. The van der Waals surface area contributed by atoms with Crippen LogP contribution in [-0.4, -0.2) is 32.2 Å². The molecule has 0 bridgehead atoms. The van der Waals surface area contributed by atoms with E-state index in [0.29, 0.717) is 13.0 Å². The summed E-state index contributed by atoms with van der Waals surface area (Å²) in [6.07, 6.45) is 8.92. The average molecular weight is 249 g/mol. The third-order valence-electron chi connectivity index (χ3n) is 3.22. The normalized spacial score (nSPS) is 17.1. The Kier molecular flexibility index (Phi) is 4.44. The van der Waals surface area contributed by atoms with Gasteiger partial charge in [-0.3, -0.25) is 4.79 Å². The first-order valence-electron chi connectivity index (χ1n) is 6.45. The molecule has 0 saturated heterocycles. The molecule has 6 heteroatoms. The van der Waals surface area contributed by atoms with Crippen LogP contribution in [0.5, 0.6) is 0 Å². The van der Waals surface area contributed by atoms with Crippen LogP contribution in [0.4, 0.5) is 0 Å². The third-order valence-corrected chi connectivity index (χ3v) is 3.22. The second-order valence-electron chi connectivity index (χ2n) is 4.64. The summed E-state index contributed by atoms with van der Waals surface area (Å²) in [5.41, 5.74) is 1.36. The van der Waals surface area contributed by atoms with Crippen LogP contribution < -0.4 is 5.32 Å². The molecule has 1 aromatic heterocycles. The summed E-state index contributed by atoms with van der Waals surface area (Å²) in [6.45, 7) is 2.57. The van der Waals surface area contributed by atoms with Gasteiger partial charge in [0.1, 0.15) is 6.33 Å². The first-order valence-corrected chi connectivity index (χ1v) is 6.45. The lowest BCUT2D eigenvalue weighted by Gasteiger charge is -2.20. The van der Waals surface area contributed by atoms with Gasteiger partial charge in [-0.15, -0.1) is 5.10 Å². The maximum absolute atomic E-state index is 11.8. The summed E-state index contributed by atoms with van der Waals surface area (Å²) < 4.78 is 1.56. The fraction of sp³-hybridized carbons (Fsp3) is 0.667. The Labute approximate surface area is 106 Å². The number of tetrazole rings is 1. The van der Waals surface area contributed by atoms with Crippen molar-refractivity contribution in [1.82, 2.24) is 25.5 Å². The van der Waals surface area contributed by atoms with Crippen molar-refractivity contribution in [3.05, 3.63) is 18.0 Å². The summed E-state index contributed by atoms with van der Waals surface area (Å²) in [5, 5.41) is 13.8. The number of rotatable bonds is 5. The average Bonchev–Trinajstić information content (AvgIpc) is 2.90. The number of allylic oxidation sites excluding steroid dienone is 1. The van der Waals surface area contributed by atoms with Gasteiger partial charge in [0.05, 0.1) is 6.54 Å². The van der Waals surface area contributed by atoms with Crippen LogP contribution in [0.3, 0.4) is 0 Å². The maximum atomic E-state index is 11.8. The molecule has 0 spiro atoms. The highest BCUT2D eigenvalue weighted by Crippen LogP contribution is 2.20. The van der Waals surface area contributed by atoms with Gasteiger partial charge in [0.15, 0.2) is 0 Å². The molecule has 0 aromatic carbocycles. The van der Waals surface area contributed by atoms with Gasteiger partial charge in [-0.1, -0.05) is 11.6 Å². The second-order valence-corrected chi connectivity index (χ2v) is 4.64. The van der Waals surface area contributed by atoms with Crippen LogP contribution in [-0.2, 0) is 11.3 Å². The molecule has 1 aliphatic rings. The van der Waals surface area contributed by atoms with Gasteiger partial charge in [-0.2, -0.15) is 0 Å². The van der Waals surface area contributed by atoms with E-state index in [1.807, 2.05) is 6.92 Å². The van der Waals surface area contributed by atoms with Crippen LogP contribution in [0, 0.1) is 0 Å². The van der Waals surface area contributed by atoms with Gasteiger partial charge in [-0.05, 0) is 43.0 Å². The molecule has 98 valence electrons. The molecule has 1 heterocycles. The molecule has 0 radical (unpaired) electrons. The molecule has 18 heavy (non-hydrogen) atoms. The van der Waals surface area contributed by atoms with Crippen LogP contribution in [0.2, 0.25) is 0 Å².